The molecule has 0 unspecified atom stereocenters. The van der Waals surface area contributed by atoms with Crippen LogP contribution in [0.25, 0.3) is 6.08 Å². The molecule has 2 rings (SSSR count). The molecular formula is C18H17FO4. The van der Waals surface area contributed by atoms with E-state index in [-0.39, 0.29) is 11.6 Å². The van der Waals surface area contributed by atoms with Crippen LogP contribution in [0.2, 0.25) is 0 Å². The Morgan fingerprint density at radius 3 is 2.00 bits per heavy atom. The molecule has 0 atom stereocenters. The van der Waals surface area contributed by atoms with Gasteiger partial charge in [0.1, 0.15) is 28.6 Å². The van der Waals surface area contributed by atoms with Crippen molar-refractivity contribution in [2.45, 2.75) is 0 Å². The number of benzene rings is 2. The molecule has 4 nitrogen and oxygen atoms in total. The Morgan fingerprint density at radius 1 is 0.957 bits per heavy atom. The molecule has 0 aliphatic rings. The fourth-order valence-corrected chi connectivity index (χ4v) is 2.08. The maximum absolute atomic E-state index is 12.9. The maximum atomic E-state index is 12.9. The number of rotatable bonds is 6. The van der Waals surface area contributed by atoms with Crippen molar-refractivity contribution in [2.24, 2.45) is 0 Å². The van der Waals surface area contributed by atoms with Crippen LogP contribution in [-0.4, -0.2) is 27.1 Å². The third-order valence-electron chi connectivity index (χ3n) is 3.26. The molecule has 0 saturated heterocycles. The van der Waals surface area contributed by atoms with Crippen LogP contribution < -0.4 is 14.2 Å². The van der Waals surface area contributed by atoms with E-state index in [4.69, 9.17) is 14.2 Å². The van der Waals surface area contributed by atoms with Gasteiger partial charge in [-0.25, -0.2) is 4.39 Å². The zero-order valence-corrected chi connectivity index (χ0v) is 13.1. The lowest BCUT2D eigenvalue weighted by molar-refractivity contribution is 0.104. The molecule has 0 bridgehead atoms. The summed E-state index contributed by atoms with van der Waals surface area (Å²) in [5, 5.41) is 0. The van der Waals surface area contributed by atoms with Crippen LogP contribution in [0.1, 0.15) is 15.9 Å². The van der Waals surface area contributed by atoms with Gasteiger partial charge in [-0.2, -0.15) is 0 Å². The van der Waals surface area contributed by atoms with Gasteiger partial charge in [0.15, 0.2) is 5.78 Å². The predicted molar refractivity (Wildman–Crippen MR) is 85.9 cm³/mol. The average molecular weight is 316 g/mol. The monoisotopic (exact) mass is 316 g/mol. The van der Waals surface area contributed by atoms with E-state index in [1.54, 1.807) is 30.3 Å². The highest BCUT2D eigenvalue weighted by molar-refractivity contribution is 6.10. The van der Waals surface area contributed by atoms with E-state index in [0.29, 0.717) is 28.4 Å². The van der Waals surface area contributed by atoms with Crippen molar-refractivity contribution >= 4 is 11.9 Å². The Hall–Kier alpha value is -2.82. The van der Waals surface area contributed by atoms with Gasteiger partial charge in [-0.15, -0.1) is 0 Å². The number of methoxy groups -OCH3 is 3. The van der Waals surface area contributed by atoms with Gasteiger partial charge in [0.2, 0.25) is 0 Å². The molecule has 0 N–H and O–H groups in total. The highest BCUT2D eigenvalue weighted by Gasteiger charge is 2.18. The summed E-state index contributed by atoms with van der Waals surface area (Å²) in [5.74, 6) is 0.625. The summed E-state index contributed by atoms with van der Waals surface area (Å²) in [4.78, 5) is 12.5. The summed E-state index contributed by atoms with van der Waals surface area (Å²) < 4.78 is 28.5. The quantitative estimate of drug-likeness (QED) is 0.601. The predicted octanol–water partition coefficient (Wildman–Crippen LogP) is 3.75. The maximum Gasteiger partial charge on any atom is 0.193 e. The van der Waals surface area contributed by atoms with Gasteiger partial charge in [-0.05, 0) is 23.8 Å². The zero-order chi connectivity index (χ0) is 16.8. The molecule has 0 heterocycles. The van der Waals surface area contributed by atoms with E-state index < -0.39 is 0 Å². The van der Waals surface area contributed by atoms with Crippen LogP contribution in [0.5, 0.6) is 17.2 Å². The molecule has 23 heavy (non-hydrogen) atoms. The molecule has 5 heteroatoms. The van der Waals surface area contributed by atoms with Gasteiger partial charge in [0, 0.05) is 12.1 Å². The molecular weight excluding hydrogens is 299 g/mol. The number of ketones is 1. The summed E-state index contributed by atoms with van der Waals surface area (Å²) >= 11 is 0. The minimum absolute atomic E-state index is 0.286. The lowest BCUT2D eigenvalue weighted by Gasteiger charge is -2.13. The Labute approximate surface area is 134 Å². The van der Waals surface area contributed by atoms with E-state index in [1.165, 1.54) is 39.5 Å². The number of carbonyl (C=O) groups is 1. The lowest BCUT2D eigenvalue weighted by Crippen LogP contribution is -2.03. The van der Waals surface area contributed by atoms with Crippen LogP contribution in [0.15, 0.2) is 42.5 Å². The first-order valence-electron chi connectivity index (χ1n) is 6.87. The molecule has 2 aromatic rings. The molecule has 0 saturated carbocycles. The molecule has 0 spiro atoms. The van der Waals surface area contributed by atoms with Crippen molar-refractivity contribution in [1.82, 2.24) is 0 Å². The second-order valence-corrected chi connectivity index (χ2v) is 4.66. The normalized spacial score (nSPS) is 10.6. The fraction of sp³-hybridized carbons (Fsp3) is 0.167. The van der Waals surface area contributed by atoms with E-state index in [2.05, 4.69) is 0 Å². The van der Waals surface area contributed by atoms with Crippen molar-refractivity contribution < 1.29 is 23.4 Å². The zero-order valence-electron chi connectivity index (χ0n) is 13.1. The number of ether oxygens (including phenoxy) is 3. The molecule has 0 fully saturated rings. The summed E-state index contributed by atoms with van der Waals surface area (Å²) in [6, 6.07) is 9.06. The lowest BCUT2D eigenvalue weighted by atomic mass is 10.1. The smallest absolute Gasteiger partial charge is 0.193 e. The van der Waals surface area contributed by atoms with Crippen LogP contribution in [0.4, 0.5) is 4.39 Å². The highest BCUT2D eigenvalue weighted by Crippen LogP contribution is 2.34. The molecule has 0 amide bonds. The number of allylic oxidation sites excluding steroid dienone is 1. The van der Waals surface area contributed by atoms with Crippen LogP contribution in [-0.2, 0) is 0 Å². The van der Waals surface area contributed by atoms with Crippen LogP contribution >= 0.6 is 0 Å². The molecule has 120 valence electrons. The number of halogens is 1. The molecule has 0 aromatic heterocycles. The second kappa shape index (κ2) is 7.45. The SMILES string of the molecule is COc1cc(OC)c(C(=O)C=Cc2ccc(F)cc2)c(OC)c1. The van der Waals surface area contributed by atoms with Crippen LogP contribution in [0, 0.1) is 5.82 Å². The minimum Gasteiger partial charge on any atom is -0.496 e. The van der Waals surface area contributed by atoms with E-state index in [9.17, 15) is 9.18 Å². The summed E-state index contributed by atoms with van der Waals surface area (Å²) in [6.07, 6.45) is 2.99. The topological polar surface area (TPSA) is 44.8 Å². The average Bonchev–Trinajstić information content (AvgIpc) is 2.59. The Bertz CT molecular complexity index is 695. The standard InChI is InChI=1S/C18H17FO4/c1-21-14-10-16(22-2)18(17(11-14)23-3)15(20)9-6-12-4-7-13(19)8-5-12/h4-11H,1-3H3. The van der Waals surface area contributed by atoms with E-state index >= 15 is 0 Å². The first-order valence-corrected chi connectivity index (χ1v) is 6.87. The van der Waals surface area contributed by atoms with Crippen molar-refractivity contribution in [3.05, 3.63) is 59.4 Å². The Kier molecular flexibility index (Phi) is 5.36. The van der Waals surface area contributed by atoms with Gasteiger partial charge < -0.3 is 14.2 Å². The van der Waals surface area contributed by atoms with Gasteiger partial charge in [0.05, 0.1) is 21.3 Å². The van der Waals surface area contributed by atoms with Crippen LogP contribution in [0.3, 0.4) is 0 Å². The third kappa shape index (κ3) is 3.88. The molecule has 0 aliphatic carbocycles. The molecule has 2 aromatic carbocycles. The first kappa shape index (κ1) is 16.5. The van der Waals surface area contributed by atoms with Crippen molar-refractivity contribution in [2.75, 3.05) is 21.3 Å². The van der Waals surface area contributed by atoms with Gasteiger partial charge in [-0.3, -0.25) is 4.79 Å². The van der Waals surface area contributed by atoms with Crippen molar-refractivity contribution in [3.8, 4) is 17.2 Å². The van der Waals surface area contributed by atoms with Gasteiger partial charge in [-0.1, -0.05) is 18.2 Å². The molecule has 0 aliphatic heterocycles. The first-order chi connectivity index (χ1) is 11.1. The largest absolute Gasteiger partial charge is 0.496 e. The highest BCUT2D eigenvalue weighted by atomic mass is 19.1. The van der Waals surface area contributed by atoms with E-state index in [0.717, 1.165) is 0 Å². The summed E-state index contributed by atoms with van der Waals surface area (Å²) in [6.45, 7) is 0. The fourth-order valence-electron chi connectivity index (χ4n) is 2.08. The van der Waals surface area contributed by atoms with Gasteiger partial charge >= 0.3 is 0 Å². The summed E-state index contributed by atoms with van der Waals surface area (Å²) in [7, 11) is 4.45. The minimum atomic E-state index is -0.327. The van der Waals surface area contributed by atoms with E-state index in [1.807, 2.05) is 0 Å². The van der Waals surface area contributed by atoms with Gasteiger partial charge in [0.25, 0.3) is 0 Å². The third-order valence-corrected chi connectivity index (χ3v) is 3.26. The number of hydrogen-bond acceptors (Lipinski definition) is 4. The molecule has 0 radical (unpaired) electrons. The number of carbonyl (C=O) groups excluding carboxylic acids is 1. The second-order valence-electron chi connectivity index (χ2n) is 4.66. The number of hydrogen-bond donors (Lipinski definition) is 0. The summed E-state index contributed by atoms with van der Waals surface area (Å²) in [5.41, 5.74) is 1.01. The van der Waals surface area contributed by atoms with Crippen molar-refractivity contribution in [1.29, 1.82) is 0 Å². The Morgan fingerprint density at radius 2 is 1.52 bits per heavy atom. The Balaban J connectivity index is 2.36. The van der Waals surface area contributed by atoms with Crippen molar-refractivity contribution in [3.63, 3.8) is 0 Å².